The number of likely N-dealkylation sites (tertiary alicyclic amines) is 1. The van der Waals surface area contributed by atoms with Crippen LogP contribution in [-0.2, 0) is 22.7 Å². The van der Waals surface area contributed by atoms with Crippen molar-refractivity contribution in [2.45, 2.75) is 59.3 Å². The highest BCUT2D eigenvalue weighted by molar-refractivity contribution is 5.76. The predicted octanol–water partition coefficient (Wildman–Crippen LogP) is 1.79. The molecule has 0 aliphatic carbocycles. The van der Waals surface area contributed by atoms with Crippen LogP contribution in [0.15, 0.2) is 10.6 Å². The van der Waals surface area contributed by atoms with Gasteiger partial charge in [0.2, 0.25) is 5.91 Å². The van der Waals surface area contributed by atoms with E-state index in [2.05, 4.69) is 15.2 Å². The van der Waals surface area contributed by atoms with Gasteiger partial charge in [0, 0.05) is 31.7 Å². The quantitative estimate of drug-likeness (QED) is 0.792. The molecule has 136 valence electrons. The number of carbonyl (C=O) groups excluding carboxylic acids is 1. The fraction of sp³-hybridized carbons (Fsp3) is 0.647. The molecule has 0 unspecified atom stereocenters. The zero-order chi connectivity index (χ0) is 17.8. The van der Waals surface area contributed by atoms with Crippen LogP contribution in [0.25, 0.3) is 0 Å². The lowest BCUT2D eigenvalue weighted by Gasteiger charge is -2.32. The molecular weight excluding hydrogens is 322 g/mol. The van der Waals surface area contributed by atoms with E-state index in [1.54, 1.807) is 6.92 Å². The van der Waals surface area contributed by atoms with Crippen LogP contribution >= 0.6 is 0 Å². The van der Waals surface area contributed by atoms with E-state index in [1.165, 1.54) is 0 Å². The first-order valence-electron chi connectivity index (χ1n) is 8.71. The lowest BCUT2D eigenvalue weighted by Crippen LogP contribution is -2.43. The zero-order valence-electron chi connectivity index (χ0n) is 15.1. The summed E-state index contributed by atoms with van der Waals surface area (Å²) in [5.74, 6) is 1.23. The van der Waals surface area contributed by atoms with Crippen molar-refractivity contribution >= 4 is 5.91 Å². The third-order valence-corrected chi connectivity index (χ3v) is 4.38. The summed E-state index contributed by atoms with van der Waals surface area (Å²) in [6.07, 6.45) is 2.35. The van der Waals surface area contributed by atoms with Crippen molar-refractivity contribution in [1.29, 1.82) is 0 Å². The Hall–Kier alpha value is -2.22. The minimum absolute atomic E-state index is 0.0126. The van der Waals surface area contributed by atoms with Gasteiger partial charge in [0.1, 0.15) is 6.61 Å². The van der Waals surface area contributed by atoms with E-state index in [-0.39, 0.29) is 12.0 Å². The highest BCUT2D eigenvalue weighted by Crippen LogP contribution is 2.16. The van der Waals surface area contributed by atoms with Crippen LogP contribution in [0, 0.1) is 20.8 Å². The maximum atomic E-state index is 12.5. The van der Waals surface area contributed by atoms with Gasteiger partial charge in [-0.3, -0.25) is 9.48 Å². The van der Waals surface area contributed by atoms with Gasteiger partial charge in [-0.05, 0) is 39.7 Å². The molecule has 1 aliphatic rings. The summed E-state index contributed by atoms with van der Waals surface area (Å²) in [4.78, 5) is 18.5. The van der Waals surface area contributed by atoms with Gasteiger partial charge in [-0.1, -0.05) is 5.16 Å². The molecule has 2 aromatic rings. The van der Waals surface area contributed by atoms with Crippen LogP contribution < -0.4 is 0 Å². The van der Waals surface area contributed by atoms with Gasteiger partial charge in [0.15, 0.2) is 5.82 Å². The number of hydrogen-bond donors (Lipinski definition) is 0. The molecule has 1 saturated heterocycles. The summed E-state index contributed by atoms with van der Waals surface area (Å²) in [6, 6.07) is 2.02. The molecule has 3 heterocycles. The lowest BCUT2D eigenvalue weighted by molar-refractivity contribution is -0.136. The summed E-state index contributed by atoms with van der Waals surface area (Å²) in [5, 5.41) is 8.15. The van der Waals surface area contributed by atoms with Gasteiger partial charge in [0.05, 0.1) is 11.8 Å². The summed E-state index contributed by atoms with van der Waals surface area (Å²) in [5.41, 5.74) is 2.06. The first kappa shape index (κ1) is 17.6. The standard InChI is InChI=1S/C17H25N5O3/c1-12-9-13(2)22(19-12)8-6-17(23)21-7-4-5-15(10-21)24-11-16-18-14(3)20-25-16/h9,15H,4-8,10-11H2,1-3H3/t15-/m1/s1. The first-order valence-corrected chi connectivity index (χ1v) is 8.71. The third kappa shape index (κ3) is 4.66. The van der Waals surface area contributed by atoms with Gasteiger partial charge >= 0.3 is 0 Å². The van der Waals surface area contributed by atoms with Gasteiger partial charge < -0.3 is 14.2 Å². The second-order valence-corrected chi connectivity index (χ2v) is 6.55. The predicted molar refractivity (Wildman–Crippen MR) is 89.7 cm³/mol. The van der Waals surface area contributed by atoms with Crippen molar-refractivity contribution in [3.05, 3.63) is 29.2 Å². The molecule has 3 rings (SSSR count). The largest absolute Gasteiger partial charge is 0.367 e. The minimum atomic E-state index is 0.0126. The first-order chi connectivity index (χ1) is 12.0. The van der Waals surface area contributed by atoms with Crippen LogP contribution in [0.2, 0.25) is 0 Å². The molecule has 25 heavy (non-hydrogen) atoms. The highest BCUT2D eigenvalue weighted by Gasteiger charge is 2.24. The van der Waals surface area contributed by atoms with Crippen molar-refractivity contribution in [3.63, 3.8) is 0 Å². The van der Waals surface area contributed by atoms with E-state index in [0.29, 0.717) is 37.8 Å². The summed E-state index contributed by atoms with van der Waals surface area (Å²) < 4.78 is 12.8. The van der Waals surface area contributed by atoms with Crippen molar-refractivity contribution in [2.75, 3.05) is 13.1 Å². The molecule has 0 N–H and O–H groups in total. The maximum absolute atomic E-state index is 12.5. The third-order valence-electron chi connectivity index (χ3n) is 4.38. The normalized spacial score (nSPS) is 17.9. The number of piperidine rings is 1. The fourth-order valence-electron chi connectivity index (χ4n) is 3.15. The SMILES string of the molecule is Cc1cc(C)n(CCC(=O)N2CCC[C@@H](OCc3nc(C)no3)C2)n1. The van der Waals surface area contributed by atoms with Crippen LogP contribution in [0.3, 0.4) is 0 Å². The average Bonchev–Trinajstić information content (AvgIpc) is 3.15. The molecule has 2 aromatic heterocycles. The van der Waals surface area contributed by atoms with E-state index in [0.717, 1.165) is 30.8 Å². The molecule has 8 heteroatoms. The summed E-state index contributed by atoms with van der Waals surface area (Å²) in [7, 11) is 0. The number of aryl methyl sites for hydroxylation is 4. The zero-order valence-corrected chi connectivity index (χ0v) is 15.1. The van der Waals surface area contributed by atoms with Crippen LogP contribution in [0.4, 0.5) is 0 Å². The van der Waals surface area contributed by atoms with Crippen LogP contribution in [0.1, 0.15) is 42.4 Å². The number of aromatic nitrogens is 4. The van der Waals surface area contributed by atoms with Crippen molar-refractivity contribution < 1.29 is 14.1 Å². The Kier molecular flexibility index (Phi) is 5.47. The number of hydrogen-bond acceptors (Lipinski definition) is 6. The molecule has 0 aromatic carbocycles. The molecule has 0 saturated carbocycles. The molecule has 0 bridgehead atoms. The molecule has 0 spiro atoms. The molecule has 8 nitrogen and oxygen atoms in total. The summed E-state index contributed by atoms with van der Waals surface area (Å²) >= 11 is 0. The second kappa shape index (κ2) is 7.77. The minimum Gasteiger partial charge on any atom is -0.367 e. The Morgan fingerprint density at radius 1 is 1.40 bits per heavy atom. The molecule has 0 radical (unpaired) electrons. The Bertz CT molecular complexity index is 724. The molecule has 1 fully saturated rings. The Morgan fingerprint density at radius 2 is 2.24 bits per heavy atom. The maximum Gasteiger partial charge on any atom is 0.252 e. The van der Waals surface area contributed by atoms with E-state index >= 15 is 0 Å². The number of ether oxygens (including phenoxy) is 1. The Balaban J connectivity index is 1.46. The number of nitrogens with zero attached hydrogens (tertiary/aromatic N) is 5. The summed E-state index contributed by atoms with van der Waals surface area (Å²) in [6.45, 7) is 8.05. The number of amides is 1. The Morgan fingerprint density at radius 3 is 2.92 bits per heavy atom. The van der Waals surface area contributed by atoms with Crippen LogP contribution in [-0.4, -0.2) is 49.9 Å². The second-order valence-electron chi connectivity index (χ2n) is 6.55. The topological polar surface area (TPSA) is 86.3 Å². The molecule has 1 amide bonds. The average molecular weight is 347 g/mol. The lowest BCUT2D eigenvalue weighted by atomic mass is 10.1. The van der Waals surface area contributed by atoms with Crippen molar-refractivity contribution in [1.82, 2.24) is 24.8 Å². The smallest absolute Gasteiger partial charge is 0.252 e. The van der Waals surface area contributed by atoms with E-state index in [1.807, 2.05) is 29.5 Å². The monoisotopic (exact) mass is 347 g/mol. The number of carbonyl (C=O) groups is 1. The van der Waals surface area contributed by atoms with Gasteiger partial charge in [-0.2, -0.15) is 10.1 Å². The Labute approximate surface area is 147 Å². The van der Waals surface area contributed by atoms with Crippen molar-refractivity contribution in [2.24, 2.45) is 0 Å². The van der Waals surface area contributed by atoms with E-state index in [9.17, 15) is 4.79 Å². The molecular formula is C17H25N5O3. The van der Waals surface area contributed by atoms with E-state index in [4.69, 9.17) is 9.26 Å². The van der Waals surface area contributed by atoms with Crippen LogP contribution in [0.5, 0.6) is 0 Å². The molecule has 1 atom stereocenters. The van der Waals surface area contributed by atoms with E-state index < -0.39 is 0 Å². The molecule has 1 aliphatic heterocycles. The van der Waals surface area contributed by atoms with Gasteiger partial charge in [-0.25, -0.2) is 0 Å². The van der Waals surface area contributed by atoms with Crippen molar-refractivity contribution in [3.8, 4) is 0 Å². The number of rotatable bonds is 6. The van der Waals surface area contributed by atoms with Gasteiger partial charge in [0.25, 0.3) is 5.89 Å². The fourth-order valence-corrected chi connectivity index (χ4v) is 3.15. The van der Waals surface area contributed by atoms with Gasteiger partial charge in [-0.15, -0.1) is 0 Å². The highest BCUT2D eigenvalue weighted by atomic mass is 16.5.